The van der Waals surface area contributed by atoms with Crippen LogP contribution in [0.15, 0.2) is 48.5 Å². The number of carbonyl (C=O) groups is 1. The minimum Gasteiger partial charge on any atom is -0.482 e. The van der Waals surface area contributed by atoms with Gasteiger partial charge in [-0.3, -0.25) is 4.79 Å². The van der Waals surface area contributed by atoms with Crippen molar-refractivity contribution in [2.24, 2.45) is 0 Å². The van der Waals surface area contributed by atoms with Crippen molar-refractivity contribution in [1.82, 2.24) is 4.90 Å². The fraction of sp³-hybridized carbons (Fsp3) is 0.316. The van der Waals surface area contributed by atoms with Gasteiger partial charge < -0.3 is 14.5 Å². The lowest BCUT2D eigenvalue weighted by molar-refractivity contribution is -0.133. The summed E-state index contributed by atoms with van der Waals surface area (Å²) in [5, 5.41) is 0.523. The minimum atomic E-state index is -0.000599. The molecular formula is C19H21ClN2O2. The van der Waals surface area contributed by atoms with Crippen LogP contribution in [-0.4, -0.2) is 43.6 Å². The van der Waals surface area contributed by atoms with Crippen LogP contribution in [0.2, 0.25) is 5.02 Å². The largest absolute Gasteiger partial charge is 0.482 e. The summed E-state index contributed by atoms with van der Waals surface area (Å²) in [5.74, 6) is 0.547. The lowest BCUT2D eigenvalue weighted by Crippen LogP contribution is -2.50. The summed E-state index contributed by atoms with van der Waals surface area (Å²) in [6.45, 7) is 5.22. The first-order valence-electron chi connectivity index (χ1n) is 8.11. The molecule has 0 unspecified atom stereocenters. The first-order valence-corrected chi connectivity index (χ1v) is 8.48. The Morgan fingerprint density at radius 3 is 2.42 bits per heavy atom. The molecule has 1 heterocycles. The highest BCUT2D eigenvalue weighted by atomic mass is 35.5. The third kappa shape index (κ3) is 3.82. The zero-order valence-electron chi connectivity index (χ0n) is 13.7. The molecule has 0 atom stereocenters. The number of hydrogen-bond acceptors (Lipinski definition) is 3. The zero-order chi connectivity index (χ0) is 16.9. The van der Waals surface area contributed by atoms with E-state index >= 15 is 0 Å². The van der Waals surface area contributed by atoms with Gasteiger partial charge in [-0.05, 0) is 30.7 Å². The SMILES string of the molecule is Cc1ccccc1N1CCN(C(=O)COc2ccccc2Cl)CC1. The molecule has 5 heteroatoms. The molecule has 24 heavy (non-hydrogen) atoms. The molecule has 0 aromatic heterocycles. The summed E-state index contributed by atoms with van der Waals surface area (Å²) in [7, 11) is 0. The number of nitrogens with zero attached hydrogens (tertiary/aromatic N) is 2. The van der Waals surface area contributed by atoms with Crippen molar-refractivity contribution in [1.29, 1.82) is 0 Å². The molecule has 0 N–H and O–H groups in total. The van der Waals surface area contributed by atoms with Gasteiger partial charge in [0.25, 0.3) is 5.91 Å². The van der Waals surface area contributed by atoms with Gasteiger partial charge in [-0.15, -0.1) is 0 Å². The molecule has 0 aliphatic carbocycles. The van der Waals surface area contributed by atoms with E-state index in [-0.39, 0.29) is 12.5 Å². The Kier molecular flexibility index (Phi) is 5.26. The number of amides is 1. The number of para-hydroxylation sites is 2. The number of benzene rings is 2. The van der Waals surface area contributed by atoms with Crippen LogP contribution in [0.1, 0.15) is 5.56 Å². The number of ether oxygens (including phenoxy) is 1. The lowest BCUT2D eigenvalue weighted by atomic mass is 10.1. The van der Waals surface area contributed by atoms with E-state index in [0.29, 0.717) is 23.9 Å². The second-order valence-corrected chi connectivity index (χ2v) is 6.28. The highest BCUT2D eigenvalue weighted by Crippen LogP contribution is 2.23. The summed E-state index contributed by atoms with van der Waals surface area (Å²) >= 11 is 6.04. The van der Waals surface area contributed by atoms with E-state index in [9.17, 15) is 4.79 Å². The molecule has 1 fully saturated rings. The van der Waals surface area contributed by atoms with Gasteiger partial charge in [-0.25, -0.2) is 0 Å². The Morgan fingerprint density at radius 1 is 1.04 bits per heavy atom. The average molecular weight is 345 g/mol. The maximum atomic E-state index is 12.3. The Morgan fingerprint density at radius 2 is 1.71 bits per heavy atom. The Balaban J connectivity index is 1.52. The van der Waals surface area contributed by atoms with E-state index < -0.39 is 0 Å². The number of piperazine rings is 1. The van der Waals surface area contributed by atoms with Crippen molar-refractivity contribution < 1.29 is 9.53 Å². The molecule has 1 amide bonds. The van der Waals surface area contributed by atoms with Gasteiger partial charge >= 0.3 is 0 Å². The molecule has 1 saturated heterocycles. The second kappa shape index (κ2) is 7.58. The topological polar surface area (TPSA) is 32.8 Å². The van der Waals surface area contributed by atoms with E-state index in [1.807, 2.05) is 23.1 Å². The van der Waals surface area contributed by atoms with Crippen LogP contribution in [0.5, 0.6) is 5.75 Å². The third-order valence-electron chi connectivity index (χ3n) is 4.28. The Hall–Kier alpha value is -2.20. The summed E-state index contributed by atoms with van der Waals surface area (Å²) in [4.78, 5) is 16.5. The molecule has 1 aliphatic heterocycles. The van der Waals surface area contributed by atoms with Gasteiger partial charge in [0.15, 0.2) is 6.61 Å². The maximum absolute atomic E-state index is 12.3. The predicted octanol–water partition coefficient (Wildman–Crippen LogP) is 3.38. The molecular weight excluding hydrogens is 324 g/mol. The summed E-state index contributed by atoms with van der Waals surface area (Å²) in [6.07, 6.45) is 0. The van der Waals surface area contributed by atoms with Crippen LogP contribution in [0.4, 0.5) is 5.69 Å². The van der Waals surface area contributed by atoms with Gasteiger partial charge in [0.1, 0.15) is 5.75 Å². The molecule has 0 radical (unpaired) electrons. The first-order chi connectivity index (χ1) is 11.6. The van der Waals surface area contributed by atoms with E-state index in [1.165, 1.54) is 11.3 Å². The molecule has 0 spiro atoms. The highest BCUT2D eigenvalue weighted by Gasteiger charge is 2.22. The third-order valence-corrected chi connectivity index (χ3v) is 4.59. The van der Waals surface area contributed by atoms with Crippen LogP contribution < -0.4 is 9.64 Å². The van der Waals surface area contributed by atoms with E-state index in [0.717, 1.165) is 13.1 Å². The fourth-order valence-corrected chi connectivity index (χ4v) is 3.10. The fourth-order valence-electron chi connectivity index (χ4n) is 2.91. The van der Waals surface area contributed by atoms with Gasteiger partial charge in [0.2, 0.25) is 0 Å². The normalized spacial score (nSPS) is 14.6. The molecule has 0 saturated carbocycles. The minimum absolute atomic E-state index is 0.000599. The number of aryl methyl sites for hydroxylation is 1. The number of carbonyl (C=O) groups excluding carboxylic acids is 1. The Labute approximate surface area is 147 Å². The van der Waals surface area contributed by atoms with Crippen LogP contribution in [0.3, 0.4) is 0 Å². The average Bonchev–Trinajstić information content (AvgIpc) is 2.61. The summed E-state index contributed by atoms with van der Waals surface area (Å²) < 4.78 is 5.55. The van der Waals surface area contributed by atoms with Gasteiger partial charge in [-0.1, -0.05) is 41.9 Å². The van der Waals surface area contributed by atoms with Crippen LogP contribution in [-0.2, 0) is 4.79 Å². The van der Waals surface area contributed by atoms with Gasteiger partial charge in [-0.2, -0.15) is 0 Å². The Bertz CT molecular complexity index is 712. The first kappa shape index (κ1) is 16.7. The van der Waals surface area contributed by atoms with Crippen molar-refractivity contribution in [2.75, 3.05) is 37.7 Å². The van der Waals surface area contributed by atoms with E-state index in [1.54, 1.807) is 12.1 Å². The second-order valence-electron chi connectivity index (χ2n) is 5.87. The van der Waals surface area contributed by atoms with Gasteiger partial charge in [0, 0.05) is 31.9 Å². The van der Waals surface area contributed by atoms with Crippen molar-refractivity contribution in [3.8, 4) is 5.75 Å². The molecule has 1 aliphatic rings. The standard InChI is InChI=1S/C19H21ClN2O2/c1-15-6-2-4-8-17(15)21-10-12-22(13-11-21)19(23)14-24-18-9-5-3-7-16(18)20/h2-9H,10-14H2,1H3. The van der Waals surface area contributed by atoms with Crippen molar-refractivity contribution in [3.05, 3.63) is 59.1 Å². The zero-order valence-corrected chi connectivity index (χ0v) is 14.5. The van der Waals surface area contributed by atoms with E-state index in [2.05, 4.69) is 30.0 Å². The number of rotatable bonds is 4. The van der Waals surface area contributed by atoms with Crippen molar-refractivity contribution in [3.63, 3.8) is 0 Å². The highest BCUT2D eigenvalue weighted by molar-refractivity contribution is 6.32. The number of anilines is 1. The smallest absolute Gasteiger partial charge is 0.260 e. The van der Waals surface area contributed by atoms with Crippen LogP contribution >= 0.6 is 11.6 Å². The van der Waals surface area contributed by atoms with Gasteiger partial charge in [0.05, 0.1) is 5.02 Å². The predicted molar refractivity (Wildman–Crippen MR) is 96.9 cm³/mol. The lowest BCUT2D eigenvalue weighted by Gasteiger charge is -2.36. The van der Waals surface area contributed by atoms with Crippen molar-refractivity contribution in [2.45, 2.75) is 6.92 Å². The molecule has 2 aromatic carbocycles. The number of halogens is 1. The molecule has 3 rings (SSSR count). The van der Waals surface area contributed by atoms with Crippen LogP contribution in [0, 0.1) is 6.92 Å². The quantitative estimate of drug-likeness (QED) is 0.852. The van der Waals surface area contributed by atoms with Crippen molar-refractivity contribution >= 4 is 23.2 Å². The maximum Gasteiger partial charge on any atom is 0.260 e. The molecule has 0 bridgehead atoms. The monoisotopic (exact) mass is 344 g/mol. The molecule has 2 aromatic rings. The molecule has 126 valence electrons. The molecule has 4 nitrogen and oxygen atoms in total. The number of hydrogen-bond donors (Lipinski definition) is 0. The van der Waals surface area contributed by atoms with Crippen LogP contribution in [0.25, 0.3) is 0 Å². The summed E-state index contributed by atoms with van der Waals surface area (Å²) in [6, 6.07) is 15.5. The van der Waals surface area contributed by atoms with E-state index in [4.69, 9.17) is 16.3 Å². The summed E-state index contributed by atoms with van der Waals surface area (Å²) in [5.41, 5.74) is 2.51.